The summed E-state index contributed by atoms with van der Waals surface area (Å²) >= 11 is 6.06. The van der Waals surface area contributed by atoms with Crippen LogP contribution in [-0.4, -0.2) is 18.4 Å². The van der Waals surface area contributed by atoms with Gasteiger partial charge in [0.15, 0.2) is 5.76 Å². The zero-order chi connectivity index (χ0) is 16.1. The number of amides is 2. The molecule has 2 rings (SSSR count). The number of nitrogens with one attached hydrogen (secondary N) is 2. The van der Waals surface area contributed by atoms with E-state index in [-0.39, 0.29) is 11.7 Å². The average molecular weight is 321 g/mol. The first kappa shape index (κ1) is 16.1. The third-order valence-corrected chi connectivity index (χ3v) is 3.22. The number of benzene rings is 1. The molecule has 0 bridgehead atoms. The van der Waals surface area contributed by atoms with E-state index in [4.69, 9.17) is 16.0 Å². The van der Waals surface area contributed by atoms with Crippen molar-refractivity contribution in [1.29, 1.82) is 0 Å². The smallest absolute Gasteiger partial charge is 0.291 e. The van der Waals surface area contributed by atoms with E-state index in [0.717, 1.165) is 0 Å². The fourth-order valence-electron chi connectivity index (χ4n) is 1.75. The molecule has 116 valence electrons. The van der Waals surface area contributed by atoms with Crippen LogP contribution < -0.4 is 10.6 Å². The Kier molecular flexibility index (Phi) is 5.22. The maximum Gasteiger partial charge on any atom is 0.291 e. The highest BCUT2D eigenvalue weighted by atomic mass is 35.5. The van der Waals surface area contributed by atoms with Crippen molar-refractivity contribution in [3.8, 4) is 0 Å². The van der Waals surface area contributed by atoms with Crippen LogP contribution in [0.15, 0.2) is 41.0 Å². The second-order valence-electron chi connectivity index (χ2n) is 5.23. The highest BCUT2D eigenvalue weighted by molar-refractivity contribution is 6.34. The summed E-state index contributed by atoms with van der Waals surface area (Å²) in [7, 11) is 0. The standard InChI is InChI=1S/C16H17ClN2O3/c1-10(2)9-18-15(20)11-5-6-12(17)13(8-11)19-16(21)14-4-3-7-22-14/h3-8,10H,9H2,1-2H3,(H,18,20)(H,19,21). The van der Waals surface area contributed by atoms with Crippen LogP contribution in [0.5, 0.6) is 0 Å². The van der Waals surface area contributed by atoms with Gasteiger partial charge in [-0.15, -0.1) is 0 Å². The van der Waals surface area contributed by atoms with E-state index < -0.39 is 5.91 Å². The molecule has 22 heavy (non-hydrogen) atoms. The average Bonchev–Trinajstić information content (AvgIpc) is 3.01. The van der Waals surface area contributed by atoms with Crippen molar-refractivity contribution in [2.24, 2.45) is 5.92 Å². The Bertz CT molecular complexity index is 666. The number of carbonyl (C=O) groups excluding carboxylic acids is 2. The molecule has 2 amide bonds. The number of furan rings is 1. The Hall–Kier alpha value is -2.27. The fourth-order valence-corrected chi connectivity index (χ4v) is 1.92. The molecule has 0 saturated carbocycles. The van der Waals surface area contributed by atoms with E-state index in [1.54, 1.807) is 30.3 Å². The Balaban J connectivity index is 2.13. The summed E-state index contributed by atoms with van der Waals surface area (Å²) in [4.78, 5) is 24.0. The van der Waals surface area contributed by atoms with Crippen LogP contribution in [0.4, 0.5) is 5.69 Å². The molecule has 6 heteroatoms. The van der Waals surface area contributed by atoms with Crippen LogP contribution in [0.25, 0.3) is 0 Å². The lowest BCUT2D eigenvalue weighted by Gasteiger charge is -2.10. The molecular weight excluding hydrogens is 304 g/mol. The normalized spacial score (nSPS) is 10.5. The van der Waals surface area contributed by atoms with Crippen molar-refractivity contribution >= 4 is 29.1 Å². The van der Waals surface area contributed by atoms with Crippen molar-refractivity contribution in [3.63, 3.8) is 0 Å². The van der Waals surface area contributed by atoms with Crippen molar-refractivity contribution in [2.75, 3.05) is 11.9 Å². The Morgan fingerprint density at radius 1 is 1.23 bits per heavy atom. The van der Waals surface area contributed by atoms with Crippen LogP contribution in [-0.2, 0) is 0 Å². The summed E-state index contributed by atoms with van der Waals surface area (Å²) in [5.41, 5.74) is 0.792. The highest BCUT2D eigenvalue weighted by Gasteiger charge is 2.13. The molecule has 2 N–H and O–H groups in total. The molecule has 5 nitrogen and oxygen atoms in total. The Labute approximate surface area is 133 Å². The lowest BCUT2D eigenvalue weighted by atomic mass is 10.1. The Morgan fingerprint density at radius 3 is 2.64 bits per heavy atom. The third-order valence-electron chi connectivity index (χ3n) is 2.89. The van der Waals surface area contributed by atoms with Gasteiger partial charge in [0.25, 0.3) is 11.8 Å². The molecule has 1 aromatic carbocycles. The first-order chi connectivity index (χ1) is 10.5. The van der Waals surface area contributed by atoms with Crippen molar-refractivity contribution in [1.82, 2.24) is 5.32 Å². The van der Waals surface area contributed by atoms with Crippen molar-refractivity contribution in [2.45, 2.75) is 13.8 Å². The number of anilines is 1. The topological polar surface area (TPSA) is 71.3 Å². The molecule has 0 fully saturated rings. The molecule has 0 atom stereocenters. The van der Waals surface area contributed by atoms with E-state index in [9.17, 15) is 9.59 Å². The minimum Gasteiger partial charge on any atom is -0.459 e. The predicted octanol–water partition coefficient (Wildman–Crippen LogP) is 3.57. The summed E-state index contributed by atoms with van der Waals surface area (Å²) in [5.74, 6) is -0.106. The molecule has 0 aliphatic carbocycles. The zero-order valence-corrected chi connectivity index (χ0v) is 13.1. The lowest BCUT2D eigenvalue weighted by molar-refractivity contribution is 0.0947. The summed E-state index contributed by atoms with van der Waals surface area (Å²) in [5, 5.41) is 5.79. The Morgan fingerprint density at radius 2 is 2.00 bits per heavy atom. The van der Waals surface area contributed by atoms with Gasteiger partial charge in [-0.3, -0.25) is 9.59 Å². The van der Waals surface area contributed by atoms with E-state index in [1.807, 2.05) is 13.8 Å². The molecule has 0 aliphatic rings. The zero-order valence-electron chi connectivity index (χ0n) is 12.4. The van der Waals surface area contributed by atoms with Crippen molar-refractivity contribution < 1.29 is 14.0 Å². The third kappa shape index (κ3) is 4.11. The van der Waals surface area contributed by atoms with Gasteiger partial charge in [-0.05, 0) is 36.2 Å². The van der Waals surface area contributed by atoms with Crippen LogP contribution in [0.3, 0.4) is 0 Å². The van der Waals surface area contributed by atoms with Gasteiger partial charge in [-0.25, -0.2) is 0 Å². The van der Waals surface area contributed by atoms with Crippen LogP contribution >= 0.6 is 11.6 Å². The molecule has 0 spiro atoms. The van der Waals surface area contributed by atoms with Gasteiger partial charge >= 0.3 is 0 Å². The molecule has 0 unspecified atom stereocenters. The number of hydrogen-bond donors (Lipinski definition) is 2. The minimum absolute atomic E-state index is 0.172. The molecule has 2 aromatic rings. The van der Waals surface area contributed by atoms with Gasteiger partial charge in [0.2, 0.25) is 0 Å². The van der Waals surface area contributed by atoms with Gasteiger partial charge in [0, 0.05) is 12.1 Å². The molecular formula is C16H17ClN2O3. The van der Waals surface area contributed by atoms with E-state index in [2.05, 4.69) is 10.6 Å². The quantitative estimate of drug-likeness (QED) is 0.884. The number of carbonyl (C=O) groups is 2. The number of hydrogen-bond acceptors (Lipinski definition) is 3. The maximum absolute atomic E-state index is 12.0. The largest absolute Gasteiger partial charge is 0.459 e. The van der Waals surface area contributed by atoms with Crippen molar-refractivity contribution in [3.05, 3.63) is 52.9 Å². The minimum atomic E-state index is -0.424. The monoisotopic (exact) mass is 320 g/mol. The van der Waals surface area contributed by atoms with Crippen LogP contribution in [0.2, 0.25) is 5.02 Å². The van der Waals surface area contributed by atoms with Crippen LogP contribution in [0, 0.1) is 5.92 Å². The second kappa shape index (κ2) is 7.13. The summed E-state index contributed by atoms with van der Waals surface area (Å²) in [6.45, 7) is 4.60. The van der Waals surface area contributed by atoms with Crippen LogP contribution in [0.1, 0.15) is 34.8 Å². The van der Waals surface area contributed by atoms with Gasteiger partial charge < -0.3 is 15.1 Å². The first-order valence-corrected chi connectivity index (χ1v) is 7.27. The maximum atomic E-state index is 12.0. The predicted molar refractivity (Wildman–Crippen MR) is 85.3 cm³/mol. The molecule has 1 heterocycles. The van der Waals surface area contributed by atoms with E-state index >= 15 is 0 Å². The highest BCUT2D eigenvalue weighted by Crippen LogP contribution is 2.24. The lowest BCUT2D eigenvalue weighted by Crippen LogP contribution is -2.27. The number of rotatable bonds is 5. The second-order valence-corrected chi connectivity index (χ2v) is 5.64. The molecule has 0 aliphatic heterocycles. The van der Waals surface area contributed by atoms with Gasteiger partial charge in [0.05, 0.1) is 17.0 Å². The fraction of sp³-hybridized carbons (Fsp3) is 0.250. The summed E-state index contributed by atoms with van der Waals surface area (Å²) < 4.78 is 5.02. The van der Waals surface area contributed by atoms with E-state index in [1.165, 1.54) is 6.26 Å². The van der Waals surface area contributed by atoms with E-state index in [0.29, 0.717) is 28.7 Å². The molecule has 0 radical (unpaired) electrons. The molecule has 0 saturated heterocycles. The summed E-state index contributed by atoms with van der Waals surface area (Å²) in [6, 6.07) is 7.89. The number of halogens is 1. The van der Waals surface area contributed by atoms with Gasteiger partial charge in [-0.2, -0.15) is 0 Å². The summed E-state index contributed by atoms with van der Waals surface area (Å²) in [6.07, 6.45) is 1.41. The molecule has 1 aromatic heterocycles. The SMILES string of the molecule is CC(C)CNC(=O)c1ccc(Cl)c(NC(=O)c2ccco2)c1. The van der Waals surface area contributed by atoms with Gasteiger partial charge in [0.1, 0.15) is 0 Å². The van der Waals surface area contributed by atoms with Gasteiger partial charge in [-0.1, -0.05) is 25.4 Å². The first-order valence-electron chi connectivity index (χ1n) is 6.90.